The minimum atomic E-state index is -0.0922. The Morgan fingerprint density at radius 1 is 1.00 bits per heavy atom. The molecule has 4 rings (SSSR count). The minimum Gasteiger partial charge on any atom is -0.455 e. The number of benzene rings is 2. The number of ether oxygens (including phenoxy) is 1. The molecule has 0 spiro atoms. The van der Waals surface area contributed by atoms with E-state index in [9.17, 15) is 9.59 Å². The molecule has 2 fully saturated rings. The van der Waals surface area contributed by atoms with Crippen LogP contribution in [0.2, 0.25) is 0 Å². The van der Waals surface area contributed by atoms with E-state index in [0.717, 1.165) is 25.0 Å². The van der Waals surface area contributed by atoms with Crippen molar-refractivity contribution < 1.29 is 14.3 Å². The first-order valence-electron chi connectivity index (χ1n) is 9.78. The molecule has 2 aliphatic rings. The molecule has 2 saturated carbocycles. The van der Waals surface area contributed by atoms with Gasteiger partial charge >= 0.3 is 0 Å². The van der Waals surface area contributed by atoms with Gasteiger partial charge in [-0.2, -0.15) is 0 Å². The number of ketones is 1. The van der Waals surface area contributed by atoms with Gasteiger partial charge in [0.15, 0.2) is 5.75 Å². The number of carbonyl (C=O) groups excluding carboxylic acids is 2. The summed E-state index contributed by atoms with van der Waals surface area (Å²) >= 11 is 0. The third kappa shape index (κ3) is 3.90. The summed E-state index contributed by atoms with van der Waals surface area (Å²) in [6, 6.07) is 15.3. The summed E-state index contributed by atoms with van der Waals surface area (Å²) in [7, 11) is 0. The van der Waals surface area contributed by atoms with E-state index < -0.39 is 0 Å². The molecule has 0 radical (unpaired) electrons. The zero-order chi connectivity index (χ0) is 18.8. The Morgan fingerprint density at radius 2 is 1.67 bits per heavy atom. The third-order valence-corrected chi connectivity index (χ3v) is 5.81. The van der Waals surface area contributed by atoms with Crippen LogP contribution in [-0.2, 0) is 9.59 Å². The molecule has 140 valence electrons. The van der Waals surface area contributed by atoms with Crippen LogP contribution in [0, 0.1) is 24.7 Å². The average Bonchev–Trinajstić information content (AvgIpc) is 2.65. The molecule has 2 atom stereocenters. The van der Waals surface area contributed by atoms with Crippen molar-refractivity contribution in [2.24, 2.45) is 17.8 Å². The standard InChI is InChI=1S/C23H25NO3/c1-15-9-11-19(12-10-15)27-21-8-3-2-7-20(21)24-23(26)18-13-16-5-4-6-17(14-18)22(16)25/h2-3,7-12,16-18H,4-6,13-14H2,1H3,(H,24,26). The minimum absolute atomic E-state index is 0.000596. The van der Waals surface area contributed by atoms with Crippen molar-refractivity contribution in [2.75, 3.05) is 5.32 Å². The molecule has 0 aliphatic heterocycles. The average molecular weight is 363 g/mol. The summed E-state index contributed by atoms with van der Waals surface area (Å²) in [5.41, 5.74) is 1.84. The maximum atomic E-state index is 12.9. The number of rotatable bonds is 4. The van der Waals surface area contributed by atoms with Crippen molar-refractivity contribution in [3.05, 3.63) is 54.1 Å². The lowest BCUT2D eigenvalue weighted by molar-refractivity contribution is -0.136. The number of aryl methyl sites for hydroxylation is 1. The zero-order valence-electron chi connectivity index (χ0n) is 15.6. The normalized spacial score (nSPS) is 24.3. The molecule has 0 heterocycles. The molecule has 4 nitrogen and oxygen atoms in total. The zero-order valence-corrected chi connectivity index (χ0v) is 15.6. The van der Waals surface area contributed by atoms with Crippen LogP contribution in [-0.4, -0.2) is 11.7 Å². The van der Waals surface area contributed by atoms with Gasteiger partial charge in [-0.1, -0.05) is 36.2 Å². The summed E-state index contributed by atoms with van der Waals surface area (Å²) in [6.07, 6.45) is 4.35. The Labute approximate surface area is 159 Å². The molecule has 2 bridgehead atoms. The number of fused-ring (bicyclic) bond motifs is 2. The Balaban J connectivity index is 1.47. The Kier molecular flexibility index (Phi) is 4.97. The fraction of sp³-hybridized carbons (Fsp3) is 0.391. The molecule has 1 N–H and O–H groups in total. The van der Waals surface area contributed by atoms with Crippen molar-refractivity contribution in [3.8, 4) is 11.5 Å². The van der Waals surface area contributed by atoms with Gasteiger partial charge in [-0.15, -0.1) is 0 Å². The molecular formula is C23H25NO3. The molecule has 2 aromatic rings. The quantitative estimate of drug-likeness (QED) is 0.820. The molecule has 2 aromatic carbocycles. The molecule has 2 aliphatic carbocycles. The predicted octanol–water partition coefficient (Wildman–Crippen LogP) is 5.12. The monoisotopic (exact) mass is 363 g/mol. The van der Waals surface area contributed by atoms with E-state index in [0.29, 0.717) is 30.1 Å². The van der Waals surface area contributed by atoms with Crippen molar-refractivity contribution >= 4 is 17.4 Å². The largest absolute Gasteiger partial charge is 0.455 e. The van der Waals surface area contributed by atoms with Crippen LogP contribution in [0.1, 0.15) is 37.7 Å². The topological polar surface area (TPSA) is 55.4 Å². The lowest BCUT2D eigenvalue weighted by Crippen LogP contribution is -2.40. The number of hydrogen-bond acceptors (Lipinski definition) is 3. The summed E-state index contributed by atoms with van der Waals surface area (Å²) in [5, 5.41) is 3.04. The van der Waals surface area contributed by atoms with Gasteiger partial charge in [0.2, 0.25) is 5.91 Å². The van der Waals surface area contributed by atoms with Gasteiger partial charge in [-0.25, -0.2) is 0 Å². The second-order valence-electron chi connectivity index (χ2n) is 7.80. The van der Waals surface area contributed by atoms with Crippen LogP contribution in [0.15, 0.2) is 48.5 Å². The number of carbonyl (C=O) groups is 2. The maximum Gasteiger partial charge on any atom is 0.227 e. The van der Waals surface area contributed by atoms with Crippen LogP contribution in [0.4, 0.5) is 5.69 Å². The Morgan fingerprint density at radius 3 is 2.37 bits per heavy atom. The van der Waals surface area contributed by atoms with E-state index in [1.165, 1.54) is 5.56 Å². The number of amides is 1. The highest BCUT2D eigenvalue weighted by Gasteiger charge is 2.41. The molecule has 1 amide bonds. The molecule has 27 heavy (non-hydrogen) atoms. The highest BCUT2D eigenvalue weighted by Crippen LogP contribution is 2.41. The van der Waals surface area contributed by atoms with Crippen molar-refractivity contribution in [3.63, 3.8) is 0 Å². The summed E-state index contributed by atoms with van der Waals surface area (Å²) in [6.45, 7) is 2.03. The first-order chi connectivity index (χ1) is 13.1. The number of anilines is 1. The molecular weight excluding hydrogens is 338 g/mol. The van der Waals surface area contributed by atoms with Crippen LogP contribution in [0.25, 0.3) is 0 Å². The van der Waals surface area contributed by atoms with Gasteiger partial charge in [0.1, 0.15) is 11.5 Å². The maximum absolute atomic E-state index is 12.9. The summed E-state index contributed by atoms with van der Waals surface area (Å²) in [5.74, 6) is 1.81. The van der Waals surface area contributed by atoms with Crippen molar-refractivity contribution in [2.45, 2.75) is 39.0 Å². The molecule has 2 unspecified atom stereocenters. The lowest BCUT2D eigenvalue weighted by Gasteiger charge is -2.37. The fourth-order valence-corrected chi connectivity index (χ4v) is 4.32. The second kappa shape index (κ2) is 7.55. The second-order valence-corrected chi connectivity index (χ2v) is 7.80. The van der Waals surface area contributed by atoms with Gasteiger partial charge in [-0.05, 0) is 56.9 Å². The van der Waals surface area contributed by atoms with Gasteiger partial charge in [0.05, 0.1) is 5.69 Å². The number of nitrogens with one attached hydrogen (secondary N) is 1. The van der Waals surface area contributed by atoms with E-state index in [1.54, 1.807) is 0 Å². The van der Waals surface area contributed by atoms with Gasteiger partial charge in [-0.3, -0.25) is 9.59 Å². The van der Waals surface area contributed by atoms with Crippen molar-refractivity contribution in [1.82, 2.24) is 0 Å². The van der Waals surface area contributed by atoms with E-state index in [4.69, 9.17) is 4.74 Å². The van der Waals surface area contributed by atoms with Crippen molar-refractivity contribution in [1.29, 1.82) is 0 Å². The Bertz CT molecular complexity index is 827. The van der Waals surface area contributed by atoms with Gasteiger partial charge in [0, 0.05) is 17.8 Å². The van der Waals surface area contributed by atoms with E-state index in [2.05, 4.69) is 5.32 Å². The van der Waals surface area contributed by atoms with E-state index in [1.807, 2.05) is 55.5 Å². The van der Waals surface area contributed by atoms with Gasteiger partial charge < -0.3 is 10.1 Å². The van der Waals surface area contributed by atoms with Crippen LogP contribution in [0.3, 0.4) is 0 Å². The summed E-state index contributed by atoms with van der Waals surface area (Å²) in [4.78, 5) is 25.1. The fourth-order valence-electron chi connectivity index (χ4n) is 4.32. The summed E-state index contributed by atoms with van der Waals surface area (Å²) < 4.78 is 5.98. The smallest absolute Gasteiger partial charge is 0.227 e. The first-order valence-corrected chi connectivity index (χ1v) is 9.78. The molecule has 0 saturated heterocycles. The molecule has 0 aromatic heterocycles. The lowest BCUT2D eigenvalue weighted by atomic mass is 9.67. The predicted molar refractivity (Wildman–Crippen MR) is 105 cm³/mol. The van der Waals surface area contributed by atoms with Crippen LogP contribution in [0.5, 0.6) is 11.5 Å². The Hall–Kier alpha value is -2.62. The number of para-hydroxylation sites is 2. The number of Topliss-reactive ketones (excluding diaryl/α,β-unsaturated/α-hetero) is 1. The third-order valence-electron chi connectivity index (χ3n) is 5.81. The highest BCUT2D eigenvalue weighted by atomic mass is 16.5. The van der Waals surface area contributed by atoms with Gasteiger partial charge in [0.25, 0.3) is 0 Å². The first kappa shape index (κ1) is 17.8. The van der Waals surface area contributed by atoms with E-state index in [-0.39, 0.29) is 23.7 Å². The van der Waals surface area contributed by atoms with Crippen LogP contribution < -0.4 is 10.1 Å². The van der Waals surface area contributed by atoms with Crippen LogP contribution >= 0.6 is 0 Å². The number of hydrogen-bond donors (Lipinski definition) is 1. The SMILES string of the molecule is Cc1ccc(Oc2ccccc2NC(=O)C2CC3CCCC(C2)C3=O)cc1. The molecule has 4 heteroatoms. The highest BCUT2D eigenvalue weighted by molar-refractivity contribution is 5.96. The van der Waals surface area contributed by atoms with E-state index >= 15 is 0 Å².